The Morgan fingerprint density at radius 2 is 1.74 bits per heavy atom. The van der Waals surface area contributed by atoms with Crippen LogP contribution in [0, 0.1) is 29.1 Å². The predicted octanol–water partition coefficient (Wildman–Crippen LogP) is 3.36. The van der Waals surface area contributed by atoms with E-state index >= 15 is 0 Å². The van der Waals surface area contributed by atoms with Crippen LogP contribution < -0.4 is 5.73 Å². The molecule has 2 fully saturated rings. The zero-order valence-corrected chi connectivity index (χ0v) is 13.7. The van der Waals surface area contributed by atoms with Crippen molar-refractivity contribution in [3.63, 3.8) is 0 Å². The highest BCUT2D eigenvalue weighted by molar-refractivity contribution is 4.93. The second-order valence-electron chi connectivity index (χ2n) is 8.35. The largest absolute Gasteiger partial charge is 0.330 e. The summed E-state index contributed by atoms with van der Waals surface area (Å²) in [5.41, 5.74) is 6.48. The van der Waals surface area contributed by atoms with Gasteiger partial charge in [0.05, 0.1) is 0 Å². The van der Waals surface area contributed by atoms with Gasteiger partial charge in [-0.25, -0.2) is 0 Å². The first-order valence-corrected chi connectivity index (χ1v) is 8.23. The molecule has 2 aliphatic rings. The Kier molecular flexibility index (Phi) is 4.62. The standard InChI is InChI=1S/C17H34N2/c1-12-8-14(12)11-19(5)16-9-15(17(2,3)4)7-6-13(16)10-18/h12-16H,6-11,18H2,1-5H3. The second-order valence-corrected chi connectivity index (χ2v) is 8.35. The summed E-state index contributed by atoms with van der Waals surface area (Å²) in [5, 5.41) is 0. The molecule has 2 rings (SSSR count). The molecule has 2 nitrogen and oxygen atoms in total. The van der Waals surface area contributed by atoms with Crippen molar-refractivity contribution in [2.45, 2.75) is 59.4 Å². The molecular formula is C17H34N2. The van der Waals surface area contributed by atoms with E-state index in [1.54, 1.807) is 0 Å². The van der Waals surface area contributed by atoms with Gasteiger partial charge >= 0.3 is 0 Å². The maximum absolute atomic E-state index is 6.03. The van der Waals surface area contributed by atoms with Crippen molar-refractivity contribution in [2.75, 3.05) is 20.1 Å². The Labute approximate surface area is 120 Å². The average Bonchev–Trinajstić information content (AvgIpc) is 3.02. The third kappa shape index (κ3) is 3.72. The highest BCUT2D eigenvalue weighted by atomic mass is 15.1. The molecule has 2 aliphatic carbocycles. The molecule has 5 atom stereocenters. The summed E-state index contributed by atoms with van der Waals surface area (Å²) in [7, 11) is 2.34. The zero-order valence-electron chi connectivity index (χ0n) is 13.7. The van der Waals surface area contributed by atoms with Crippen molar-refractivity contribution < 1.29 is 0 Å². The minimum Gasteiger partial charge on any atom is -0.330 e. The summed E-state index contributed by atoms with van der Waals surface area (Å²) >= 11 is 0. The van der Waals surface area contributed by atoms with E-state index in [9.17, 15) is 0 Å². The summed E-state index contributed by atoms with van der Waals surface area (Å²) in [6.07, 6.45) is 5.49. The third-order valence-corrected chi connectivity index (χ3v) is 5.85. The van der Waals surface area contributed by atoms with Gasteiger partial charge in [-0.3, -0.25) is 0 Å². The van der Waals surface area contributed by atoms with E-state index < -0.39 is 0 Å². The fourth-order valence-electron chi connectivity index (χ4n) is 3.97. The number of nitrogens with two attached hydrogens (primary N) is 1. The highest BCUT2D eigenvalue weighted by Gasteiger charge is 2.40. The smallest absolute Gasteiger partial charge is 0.0135 e. The Balaban J connectivity index is 1.96. The summed E-state index contributed by atoms with van der Waals surface area (Å²) in [6.45, 7) is 11.8. The van der Waals surface area contributed by atoms with Gasteiger partial charge in [-0.15, -0.1) is 0 Å². The van der Waals surface area contributed by atoms with Gasteiger partial charge in [0.2, 0.25) is 0 Å². The van der Waals surface area contributed by atoms with E-state index in [1.165, 1.54) is 32.2 Å². The van der Waals surface area contributed by atoms with E-state index in [-0.39, 0.29) is 0 Å². The Hall–Kier alpha value is -0.0800. The number of rotatable bonds is 4. The third-order valence-electron chi connectivity index (χ3n) is 5.85. The van der Waals surface area contributed by atoms with Crippen LogP contribution in [0.5, 0.6) is 0 Å². The van der Waals surface area contributed by atoms with Crippen molar-refractivity contribution in [3.8, 4) is 0 Å². The van der Waals surface area contributed by atoms with E-state index in [2.05, 4.69) is 39.6 Å². The Morgan fingerprint density at radius 1 is 1.11 bits per heavy atom. The first kappa shape index (κ1) is 15.3. The lowest BCUT2D eigenvalue weighted by Crippen LogP contribution is -2.47. The van der Waals surface area contributed by atoms with E-state index in [0.717, 1.165) is 36.3 Å². The van der Waals surface area contributed by atoms with Crippen LogP contribution in [0.3, 0.4) is 0 Å². The minimum atomic E-state index is 0.450. The maximum Gasteiger partial charge on any atom is 0.0135 e. The molecule has 5 unspecified atom stereocenters. The zero-order chi connectivity index (χ0) is 14.2. The van der Waals surface area contributed by atoms with Gasteiger partial charge in [-0.2, -0.15) is 0 Å². The molecule has 19 heavy (non-hydrogen) atoms. The Bertz CT molecular complexity index is 294. The summed E-state index contributed by atoms with van der Waals surface area (Å²) < 4.78 is 0. The lowest BCUT2D eigenvalue weighted by atomic mass is 9.67. The van der Waals surface area contributed by atoms with Crippen molar-refractivity contribution in [1.82, 2.24) is 4.90 Å². The van der Waals surface area contributed by atoms with Crippen LogP contribution in [-0.2, 0) is 0 Å². The van der Waals surface area contributed by atoms with Crippen molar-refractivity contribution >= 4 is 0 Å². The Morgan fingerprint density at radius 3 is 2.21 bits per heavy atom. The normalized spacial score (nSPS) is 39.6. The molecule has 0 aliphatic heterocycles. The van der Waals surface area contributed by atoms with Crippen LogP contribution in [0.1, 0.15) is 53.4 Å². The van der Waals surface area contributed by atoms with Gasteiger partial charge in [-0.05, 0) is 68.4 Å². The van der Waals surface area contributed by atoms with Gasteiger partial charge < -0.3 is 10.6 Å². The van der Waals surface area contributed by atoms with Crippen LogP contribution in [-0.4, -0.2) is 31.1 Å². The van der Waals surface area contributed by atoms with Gasteiger partial charge in [-0.1, -0.05) is 27.7 Å². The van der Waals surface area contributed by atoms with Gasteiger partial charge in [0.1, 0.15) is 0 Å². The lowest BCUT2D eigenvalue weighted by Gasteiger charge is -2.45. The lowest BCUT2D eigenvalue weighted by molar-refractivity contribution is 0.0564. The van der Waals surface area contributed by atoms with Crippen molar-refractivity contribution in [2.24, 2.45) is 34.8 Å². The van der Waals surface area contributed by atoms with Crippen molar-refractivity contribution in [1.29, 1.82) is 0 Å². The molecule has 0 radical (unpaired) electrons. The summed E-state index contributed by atoms with van der Waals surface area (Å²) in [5.74, 6) is 3.50. The minimum absolute atomic E-state index is 0.450. The highest BCUT2D eigenvalue weighted by Crippen LogP contribution is 2.43. The molecule has 0 heterocycles. The van der Waals surface area contributed by atoms with E-state index in [1.807, 2.05) is 0 Å². The predicted molar refractivity (Wildman–Crippen MR) is 83.0 cm³/mol. The molecular weight excluding hydrogens is 232 g/mol. The monoisotopic (exact) mass is 266 g/mol. The molecule has 2 saturated carbocycles. The van der Waals surface area contributed by atoms with Crippen LogP contribution >= 0.6 is 0 Å². The number of hydrogen-bond acceptors (Lipinski definition) is 2. The van der Waals surface area contributed by atoms with Gasteiger partial charge in [0, 0.05) is 12.6 Å². The fraction of sp³-hybridized carbons (Fsp3) is 1.00. The van der Waals surface area contributed by atoms with E-state index in [0.29, 0.717) is 5.41 Å². The molecule has 0 spiro atoms. The number of nitrogens with zero attached hydrogens (tertiary/aromatic N) is 1. The quantitative estimate of drug-likeness (QED) is 0.845. The topological polar surface area (TPSA) is 29.3 Å². The molecule has 2 heteroatoms. The van der Waals surface area contributed by atoms with Crippen LogP contribution in [0.25, 0.3) is 0 Å². The average molecular weight is 266 g/mol. The second kappa shape index (κ2) is 5.73. The number of hydrogen-bond donors (Lipinski definition) is 1. The molecule has 2 N–H and O–H groups in total. The fourth-order valence-corrected chi connectivity index (χ4v) is 3.97. The van der Waals surface area contributed by atoms with Gasteiger partial charge in [0.25, 0.3) is 0 Å². The first-order chi connectivity index (χ1) is 8.82. The molecule has 0 aromatic carbocycles. The maximum atomic E-state index is 6.03. The molecule has 0 aromatic rings. The molecule has 0 amide bonds. The molecule has 0 aromatic heterocycles. The molecule has 0 saturated heterocycles. The van der Waals surface area contributed by atoms with Crippen LogP contribution in [0.4, 0.5) is 0 Å². The SMILES string of the molecule is CC1CC1CN(C)C1CC(C(C)(C)C)CCC1CN. The first-order valence-electron chi connectivity index (χ1n) is 8.23. The summed E-state index contributed by atoms with van der Waals surface area (Å²) in [6, 6.07) is 0.718. The molecule has 112 valence electrons. The summed E-state index contributed by atoms with van der Waals surface area (Å²) in [4.78, 5) is 2.64. The van der Waals surface area contributed by atoms with Crippen molar-refractivity contribution in [3.05, 3.63) is 0 Å². The van der Waals surface area contributed by atoms with Crippen LogP contribution in [0.15, 0.2) is 0 Å². The molecule has 0 bridgehead atoms. The van der Waals surface area contributed by atoms with E-state index in [4.69, 9.17) is 5.73 Å². The van der Waals surface area contributed by atoms with Crippen LogP contribution in [0.2, 0.25) is 0 Å². The van der Waals surface area contributed by atoms with Gasteiger partial charge in [0.15, 0.2) is 0 Å².